The van der Waals surface area contributed by atoms with Crippen molar-refractivity contribution in [1.29, 1.82) is 0 Å². The molecule has 0 unspecified atom stereocenters. The van der Waals surface area contributed by atoms with E-state index in [2.05, 4.69) is 164 Å². The lowest BCUT2D eigenvalue weighted by atomic mass is 9.90. The van der Waals surface area contributed by atoms with Crippen LogP contribution in [0.5, 0.6) is 0 Å². The van der Waals surface area contributed by atoms with E-state index in [1.165, 1.54) is 21.9 Å². The van der Waals surface area contributed by atoms with Crippen LogP contribution in [0.4, 0.5) is 0 Å². The molecule has 0 aliphatic heterocycles. The van der Waals surface area contributed by atoms with E-state index in [-0.39, 0.29) is 0 Å². The van der Waals surface area contributed by atoms with Crippen molar-refractivity contribution in [3.8, 4) is 67.3 Å². The molecule has 0 atom stereocenters. The van der Waals surface area contributed by atoms with Crippen molar-refractivity contribution in [3.05, 3.63) is 194 Å². The number of aromatic nitrogens is 2. The summed E-state index contributed by atoms with van der Waals surface area (Å²) in [6.45, 7) is 0. The van der Waals surface area contributed by atoms with Gasteiger partial charge in [0.2, 0.25) is 0 Å². The van der Waals surface area contributed by atoms with Crippen molar-refractivity contribution in [2.24, 2.45) is 0 Å². The Labute approximate surface area is 307 Å². The van der Waals surface area contributed by atoms with E-state index in [0.29, 0.717) is 5.82 Å². The Morgan fingerprint density at radius 1 is 0.302 bits per heavy atom. The average molecular weight is 677 g/mol. The van der Waals surface area contributed by atoms with Crippen LogP contribution in [0.15, 0.2) is 199 Å². The molecule has 10 rings (SSSR count). The van der Waals surface area contributed by atoms with Crippen molar-refractivity contribution >= 4 is 32.7 Å². The van der Waals surface area contributed by atoms with Gasteiger partial charge in [-0.05, 0) is 92.7 Å². The van der Waals surface area contributed by atoms with Crippen LogP contribution in [0, 0.1) is 0 Å². The first kappa shape index (κ1) is 30.7. The van der Waals surface area contributed by atoms with Gasteiger partial charge >= 0.3 is 0 Å². The predicted octanol–water partition coefficient (Wildman–Crippen LogP) is 13.5. The number of fused-ring (bicyclic) bond motifs is 4. The normalized spacial score (nSPS) is 11.4. The fraction of sp³-hybridized carbons (Fsp3) is 0. The topological polar surface area (TPSA) is 38.9 Å². The zero-order chi connectivity index (χ0) is 35.1. The SMILES string of the molecule is c1ccc(-c2nc(-c3cc(-c4ccc5oc6ccccc6c5c4)cc(-c4ccccc4-c4ccccc4)c3)cc(-c3ccc4ccccc4c3)n2)cc1. The zero-order valence-corrected chi connectivity index (χ0v) is 28.8. The van der Waals surface area contributed by atoms with Crippen molar-refractivity contribution in [2.75, 3.05) is 0 Å². The standard InChI is InChI=1S/C50H32N2O/c1-3-14-34(15-4-1)42-19-9-10-20-43(42)40-28-39(37-25-26-49-45(31-37)44-21-11-12-22-48(44)53-49)29-41(30-40)47-32-46(51-50(52-47)35-16-5-2-6-17-35)38-24-23-33-13-7-8-18-36(33)27-38/h1-32H. The quantitative estimate of drug-likeness (QED) is 0.176. The van der Waals surface area contributed by atoms with E-state index in [1.54, 1.807) is 0 Å². The molecule has 2 aromatic heterocycles. The largest absolute Gasteiger partial charge is 0.456 e. The van der Waals surface area contributed by atoms with Crippen LogP contribution < -0.4 is 0 Å². The summed E-state index contributed by atoms with van der Waals surface area (Å²) in [6.07, 6.45) is 0. The minimum Gasteiger partial charge on any atom is -0.456 e. The number of furan rings is 1. The van der Waals surface area contributed by atoms with Crippen LogP contribution in [-0.4, -0.2) is 9.97 Å². The lowest BCUT2D eigenvalue weighted by Gasteiger charge is -2.15. The Kier molecular flexibility index (Phi) is 7.47. The van der Waals surface area contributed by atoms with Crippen LogP contribution in [0.3, 0.4) is 0 Å². The third-order valence-electron chi connectivity index (χ3n) is 10.1. The van der Waals surface area contributed by atoms with Gasteiger partial charge in [-0.3, -0.25) is 0 Å². The molecule has 8 aromatic carbocycles. The first-order valence-electron chi connectivity index (χ1n) is 17.9. The van der Waals surface area contributed by atoms with Crippen molar-refractivity contribution in [1.82, 2.24) is 9.97 Å². The highest BCUT2D eigenvalue weighted by atomic mass is 16.3. The number of para-hydroxylation sites is 1. The van der Waals surface area contributed by atoms with Gasteiger partial charge in [-0.2, -0.15) is 0 Å². The maximum atomic E-state index is 6.21. The molecule has 3 heteroatoms. The summed E-state index contributed by atoms with van der Waals surface area (Å²) in [4.78, 5) is 10.4. The molecule has 0 fully saturated rings. The van der Waals surface area contributed by atoms with Gasteiger partial charge in [0.1, 0.15) is 11.2 Å². The van der Waals surface area contributed by atoms with E-state index in [0.717, 1.165) is 72.3 Å². The van der Waals surface area contributed by atoms with E-state index < -0.39 is 0 Å². The van der Waals surface area contributed by atoms with Gasteiger partial charge in [-0.25, -0.2) is 9.97 Å². The molecule has 0 amide bonds. The molecule has 0 saturated heterocycles. The molecule has 248 valence electrons. The number of rotatable bonds is 6. The van der Waals surface area contributed by atoms with E-state index >= 15 is 0 Å². The van der Waals surface area contributed by atoms with Gasteiger partial charge in [0.05, 0.1) is 11.4 Å². The van der Waals surface area contributed by atoms with Crippen molar-refractivity contribution in [2.45, 2.75) is 0 Å². The first-order valence-corrected chi connectivity index (χ1v) is 17.9. The zero-order valence-electron chi connectivity index (χ0n) is 28.8. The smallest absolute Gasteiger partial charge is 0.160 e. The minimum absolute atomic E-state index is 0.689. The Morgan fingerprint density at radius 2 is 0.887 bits per heavy atom. The van der Waals surface area contributed by atoms with Crippen LogP contribution in [0.25, 0.3) is 100.0 Å². The molecule has 0 aliphatic carbocycles. The highest BCUT2D eigenvalue weighted by molar-refractivity contribution is 6.06. The Bertz CT molecular complexity index is 2950. The third kappa shape index (κ3) is 5.75. The van der Waals surface area contributed by atoms with Gasteiger partial charge in [0.15, 0.2) is 5.82 Å². The molecule has 0 spiro atoms. The third-order valence-corrected chi connectivity index (χ3v) is 10.1. The first-order chi connectivity index (χ1) is 26.2. The second kappa shape index (κ2) is 12.9. The lowest BCUT2D eigenvalue weighted by molar-refractivity contribution is 0.669. The van der Waals surface area contributed by atoms with Gasteiger partial charge in [-0.15, -0.1) is 0 Å². The summed E-state index contributed by atoms with van der Waals surface area (Å²) < 4.78 is 6.21. The number of benzene rings is 8. The van der Waals surface area contributed by atoms with Crippen LogP contribution >= 0.6 is 0 Å². The summed E-state index contributed by atoms with van der Waals surface area (Å²) in [7, 11) is 0. The summed E-state index contributed by atoms with van der Waals surface area (Å²) in [5.41, 5.74) is 13.4. The fourth-order valence-corrected chi connectivity index (χ4v) is 7.42. The van der Waals surface area contributed by atoms with Crippen molar-refractivity contribution < 1.29 is 4.42 Å². The summed E-state index contributed by atoms with van der Waals surface area (Å²) in [6, 6.07) is 68.2. The summed E-state index contributed by atoms with van der Waals surface area (Å²) in [5, 5.41) is 4.58. The maximum Gasteiger partial charge on any atom is 0.160 e. The molecular weight excluding hydrogens is 645 g/mol. The summed E-state index contributed by atoms with van der Waals surface area (Å²) >= 11 is 0. The molecule has 0 radical (unpaired) electrons. The molecule has 2 heterocycles. The monoisotopic (exact) mass is 676 g/mol. The number of hydrogen-bond donors (Lipinski definition) is 0. The minimum atomic E-state index is 0.689. The molecule has 3 nitrogen and oxygen atoms in total. The molecule has 0 saturated carbocycles. The second-order valence-electron chi connectivity index (χ2n) is 13.4. The number of nitrogens with zero attached hydrogens (tertiary/aromatic N) is 2. The lowest BCUT2D eigenvalue weighted by Crippen LogP contribution is -1.97. The Hall–Kier alpha value is -7.10. The fourth-order valence-electron chi connectivity index (χ4n) is 7.42. The molecule has 53 heavy (non-hydrogen) atoms. The summed E-state index contributed by atoms with van der Waals surface area (Å²) in [5.74, 6) is 0.689. The predicted molar refractivity (Wildman–Crippen MR) is 219 cm³/mol. The van der Waals surface area contributed by atoms with E-state index in [9.17, 15) is 0 Å². The molecule has 0 bridgehead atoms. The molecule has 10 aromatic rings. The maximum absolute atomic E-state index is 6.21. The Morgan fingerprint density at radius 3 is 1.70 bits per heavy atom. The highest BCUT2D eigenvalue weighted by Crippen LogP contribution is 2.40. The van der Waals surface area contributed by atoms with E-state index in [1.807, 2.05) is 30.3 Å². The number of hydrogen-bond acceptors (Lipinski definition) is 3. The van der Waals surface area contributed by atoms with Crippen LogP contribution in [-0.2, 0) is 0 Å². The van der Waals surface area contributed by atoms with Gasteiger partial charge in [0.25, 0.3) is 0 Å². The highest BCUT2D eigenvalue weighted by Gasteiger charge is 2.16. The van der Waals surface area contributed by atoms with Gasteiger partial charge < -0.3 is 4.42 Å². The van der Waals surface area contributed by atoms with Crippen LogP contribution in [0.2, 0.25) is 0 Å². The van der Waals surface area contributed by atoms with Gasteiger partial charge in [-0.1, -0.05) is 146 Å². The van der Waals surface area contributed by atoms with Gasteiger partial charge in [0, 0.05) is 27.5 Å². The second-order valence-corrected chi connectivity index (χ2v) is 13.4. The molecular formula is C50H32N2O. The van der Waals surface area contributed by atoms with E-state index in [4.69, 9.17) is 14.4 Å². The van der Waals surface area contributed by atoms with Crippen molar-refractivity contribution in [3.63, 3.8) is 0 Å². The molecule has 0 aliphatic rings. The van der Waals surface area contributed by atoms with Crippen LogP contribution in [0.1, 0.15) is 0 Å². The Balaban J connectivity index is 1.22. The molecule has 0 N–H and O–H groups in total. The average Bonchev–Trinajstić information content (AvgIpc) is 3.62.